The van der Waals surface area contributed by atoms with Crippen molar-refractivity contribution in [3.63, 3.8) is 0 Å². The molecule has 0 aliphatic heterocycles. The number of carbonyl (C=O) groups is 1. The number of aryl methyl sites for hydroxylation is 1. The van der Waals surface area contributed by atoms with Crippen LogP contribution in [-0.4, -0.2) is 22.5 Å². The molecule has 0 heterocycles. The van der Waals surface area contributed by atoms with Crippen molar-refractivity contribution in [3.05, 3.63) is 45.5 Å². The topological polar surface area (TPSA) is 80.4 Å². The minimum Gasteiger partial charge on any atom is -0.478 e. The number of rotatable bonds is 6. The minimum absolute atomic E-state index is 0.00674. The molecule has 1 aromatic carbocycles. The number of hydrogen-bond acceptors (Lipinski definition) is 3. The summed E-state index contributed by atoms with van der Waals surface area (Å²) in [7, 11) is 0. The van der Waals surface area contributed by atoms with Gasteiger partial charge in [-0.1, -0.05) is 12.1 Å². The first-order chi connectivity index (χ1) is 7.59. The summed E-state index contributed by atoms with van der Waals surface area (Å²) < 4.78 is 0. The third kappa shape index (κ3) is 4.08. The molecule has 0 amide bonds. The minimum atomic E-state index is -0.945. The van der Waals surface area contributed by atoms with Crippen molar-refractivity contribution in [2.24, 2.45) is 0 Å². The summed E-state index contributed by atoms with van der Waals surface area (Å²) in [6.07, 6.45) is 2.04. The van der Waals surface area contributed by atoms with Crippen molar-refractivity contribution in [2.45, 2.75) is 19.3 Å². The highest BCUT2D eigenvalue weighted by molar-refractivity contribution is 5.87. The second-order valence-corrected chi connectivity index (χ2v) is 3.52. The second-order valence-electron chi connectivity index (χ2n) is 3.52. The number of unbranched alkanes of at least 4 members (excludes halogenated alkanes) is 1. The number of nitro groups is 1. The van der Waals surface area contributed by atoms with Crippen molar-refractivity contribution in [1.29, 1.82) is 0 Å². The van der Waals surface area contributed by atoms with Gasteiger partial charge in [0.2, 0.25) is 6.54 Å². The summed E-state index contributed by atoms with van der Waals surface area (Å²) in [6.45, 7) is -0.00674. The predicted octanol–water partition coefficient (Wildman–Crippen LogP) is 1.98. The molecule has 0 aliphatic carbocycles. The van der Waals surface area contributed by atoms with Crippen LogP contribution in [0.15, 0.2) is 24.3 Å². The molecule has 16 heavy (non-hydrogen) atoms. The zero-order valence-electron chi connectivity index (χ0n) is 8.76. The van der Waals surface area contributed by atoms with Crippen LogP contribution in [0.2, 0.25) is 0 Å². The monoisotopic (exact) mass is 223 g/mol. The predicted molar refractivity (Wildman–Crippen MR) is 58.2 cm³/mol. The van der Waals surface area contributed by atoms with Crippen LogP contribution >= 0.6 is 0 Å². The number of nitrogens with zero attached hydrogens (tertiary/aromatic N) is 1. The van der Waals surface area contributed by atoms with Crippen LogP contribution < -0.4 is 0 Å². The summed E-state index contributed by atoms with van der Waals surface area (Å²) in [5.74, 6) is -0.945. The van der Waals surface area contributed by atoms with Gasteiger partial charge in [0, 0.05) is 11.3 Å². The quantitative estimate of drug-likeness (QED) is 0.454. The van der Waals surface area contributed by atoms with E-state index in [1.807, 2.05) is 0 Å². The van der Waals surface area contributed by atoms with E-state index in [9.17, 15) is 14.9 Å². The molecule has 5 heteroatoms. The molecule has 0 radical (unpaired) electrons. The number of aromatic carboxylic acids is 1. The normalized spacial score (nSPS) is 10.0. The lowest BCUT2D eigenvalue weighted by atomic mass is 10.1. The first-order valence-corrected chi connectivity index (χ1v) is 5.03. The lowest BCUT2D eigenvalue weighted by Crippen LogP contribution is -2.01. The van der Waals surface area contributed by atoms with E-state index >= 15 is 0 Å². The first kappa shape index (κ1) is 12.2. The van der Waals surface area contributed by atoms with Crippen molar-refractivity contribution in [2.75, 3.05) is 6.54 Å². The summed E-state index contributed by atoms with van der Waals surface area (Å²) in [6, 6.07) is 6.58. The Morgan fingerprint density at radius 3 is 2.38 bits per heavy atom. The number of carboxylic acid groups (broad SMARTS) is 1. The van der Waals surface area contributed by atoms with Crippen LogP contribution in [0, 0.1) is 10.1 Å². The molecule has 0 unspecified atom stereocenters. The Morgan fingerprint density at radius 2 is 1.88 bits per heavy atom. The van der Waals surface area contributed by atoms with E-state index in [-0.39, 0.29) is 17.0 Å². The Morgan fingerprint density at radius 1 is 1.25 bits per heavy atom. The van der Waals surface area contributed by atoms with Gasteiger partial charge in [0.15, 0.2) is 0 Å². The fourth-order valence-corrected chi connectivity index (χ4v) is 1.38. The highest BCUT2D eigenvalue weighted by Crippen LogP contribution is 2.08. The number of carboxylic acids is 1. The van der Waals surface area contributed by atoms with Gasteiger partial charge in [0.25, 0.3) is 0 Å². The van der Waals surface area contributed by atoms with Gasteiger partial charge in [-0.05, 0) is 30.5 Å². The molecule has 1 rings (SSSR count). The molecule has 5 nitrogen and oxygen atoms in total. The van der Waals surface area contributed by atoms with Crippen LogP contribution in [0.25, 0.3) is 0 Å². The zero-order valence-corrected chi connectivity index (χ0v) is 8.76. The summed E-state index contributed by atoms with van der Waals surface area (Å²) in [4.78, 5) is 20.3. The van der Waals surface area contributed by atoms with E-state index in [4.69, 9.17) is 5.11 Å². The molecule has 86 valence electrons. The van der Waals surface area contributed by atoms with Crippen molar-refractivity contribution in [1.82, 2.24) is 0 Å². The van der Waals surface area contributed by atoms with Gasteiger partial charge >= 0.3 is 5.97 Å². The molecule has 0 spiro atoms. The summed E-state index contributed by atoms with van der Waals surface area (Å²) >= 11 is 0. The standard InChI is InChI=1S/C11H13NO4/c13-11(14)10-6-4-9(5-7-10)3-1-2-8-12(15)16/h4-7H,1-3,8H2,(H,13,14). The van der Waals surface area contributed by atoms with Crippen LogP contribution in [0.5, 0.6) is 0 Å². The lowest BCUT2D eigenvalue weighted by molar-refractivity contribution is -0.480. The molecule has 0 saturated heterocycles. The second kappa shape index (κ2) is 5.85. The van der Waals surface area contributed by atoms with Gasteiger partial charge < -0.3 is 5.11 Å². The maximum absolute atomic E-state index is 10.6. The fraction of sp³-hybridized carbons (Fsp3) is 0.364. The Labute approximate surface area is 92.9 Å². The molecular formula is C11H13NO4. The summed E-state index contributed by atoms with van der Waals surface area (Å²) in [5, 5.41) is 18.7. The van der Waals surface area contributed by atoms with E-state index in [1.54, 1.807) is 24.3 Å². The maximum Gasteiger partial charge on any atom is 0.335 e. The van der Waals surface area contributed by atoms with Gasteiger partial charge in [0.05, 0.1) is 5.56 Å². The van der Waals surface area contributed by atoms with E-state index < -0.39 is 5.97 Å². The van der Waals surface area contributed by atoms with Gasteiger partial charge in [0.1, 0.15) is 0 Å². The van der Waals surface area contributed by atoms with Crippen molar-refractivity contribution >= 4 is 5.97 Å². The third-order valence-corrected chi connectivity index (χ3v) is 2.26. The molecule has 0 aliphatic rings. The van der Waals surface area contributed by atoms with E-state index in [0.717, 1.165) is 18.4 Å². The van der Waals surface area contributed by atoms with Crippen LogP contribution in [0.1, 0.15) is 28.8 Å². The van der Waals surface area contributed by atoms with Crippen LogP contribution in [0.4, 0.5) is 0 Å². The molecule has 0 aromatic heterocycles. The molecule has 0 atom stereocenters. The Balaban J connectivity index is 2.38. The smallest absolute Gasteiger partial charge is 0.335 e. The molecular weight excluding hydrogens is 210 g/mol. The third-order valence-electron chi connectivity index (χ3n) is 2.26. The summed E-state index contributed by atoms with van der Waals surface area (Å²) in [5.41, 5.74) is 1.27. The van der Waals surface area contributed by atoms with Crippen LogP contribution in [0.3, 0.4) is 0 Å². The van der Waals surface area contributed by atoms with Crippen molar-refractivity contribution < 1.29 is 14.8 Å². The Hall–Kier alpha value is -1.91. The van der Waals surface area contributed by atoms with Gasteiger partial charge in [-0.3, -0.25) is 10.1 Å². The van der Waals surface area contributed by atoms with E-state index in [2.05, 4.69) is 0 Å². The van der Waals surface area contributed by atoms with Crippen LogP contribution in [-0.2, 0) is 6.42 Å². The highest BCUT2D eigenvalue weighted by atomic mass is 16.6. The van der Waals surface area contributed by atoms with Gasteiger partial charge in [-0.15, -0.1) is 0 Å². The van der Waals surface area contributed by atoms with Gasteiger partial charge in [-0.2, -0.15) is 0 Å². The van der Waals surface area contributed by atoms with E-state index in [1.165, 1.54) is 0 Å². The number of benzene rings is 1. The Bertz CT molecular complexity index is 372. The zero-order chi connectivity index (χ0) is 12.0. The fourth-order valence-electron chi connectivity index (χ4n) is 1.38. The number of hydrogen-bond donors (Lipinski definition) is 1. The highest BCUT2D eigenvalue weighted by Gasteiger charge is 2.02. The van der Waals surface area contributed by atoms with Crippen molar-refractivity contribution in [3.8, 4) is 0 Å². The molecule has 0 fully saturated rings. The van der Waals surface area contributed by atoms with E-state index in [0.29, 0.717) is 6.42 Å². The maximum atomic E-state index is 10.6. The first-order valence-electron chi connectivity index (χ1n) is 5.03. The van der Waals surface area contributed by atoms with Gasteiger partial charge in [-0.25, -0.2) is 4.79 Å². The SMILES string of the molecule is O=C(O)c1ccc(CCCC[N+](=O)[O-])cc1. The Kier molecular flexibility index (Phi) is 4.44. The average Bonchev–Trinajstić information content (AvgIpc) is 2.25. The molecule has 1 N–H and O–H groups in total. The lowest BCUT2D eigenvalue weighted by Gasteiger charge is -2.00. The molecule has 0 bridgehead atoms. The molecule has 0 saturated carbocycles. The largest absolute Gasteiger partial charge is 0.478 e. The average molecular weight is 223 g/mol. The molecule has 1 aromatic rings.